The number of benzene rings is 1. The van der Waals surface area contributed by atoms with Crippen molar-refractivity contribution in [2.75, 3.05) is 36.6 Å². The second-order valence-electron chi connectivity index (χ2n) is 7.78. The van der Waals surface area contributed by atoms with Gasteiger partial charge in [0.2, 0.25) is 0 Å². The van der Waals surface area contributed by atoms with Gasteiger partial charge in [-0.1, -0.05) is 0 Å². The van der Waals surface area contributed by atoms with Gasteiger partial charge in [0, 0.05) is 37.1 Å². The summed E-state index contributed by atoms with van der Waals surface area (Å²) in [5, 5.41) is 23.2. The molecule has 11 heteroatoms. The molecule has 0 atom stereocenters. The lowest BCUT2D eigenvalue weighted by atomic mass is 9.81. The van der Waals surface area contributed by atoms with Gasteiger partial charge in [-0.3, -0.25) is 0 Å². The SMILES string of the molecule is Nc1cc(C2(S(=O)(=O)CCCO)CCC2)nc(-c2ccc(NC(=O)NCCCO)cc2)n1. The number of hydrogen-bond acceptors (Lipinski definition) is 8. The number of carbonyl (C=O) groups excluding carboxylic acids is 1. The van der Waals surface area contributed by atoms with Gasteiger partial charge in [0.15, 0.2) is 15.7 Å². The van der Waals surface area contributed by atoms with E-state index in [4.69, 9.17) is 15.9 Å². The molecule has 6 N–H and O–H groups in total. The topological polar surface area (TPSA) is 168 Å². The fourth-order valence-electron chi connectivity index (χ4n) is 3.66. The first kappa shape index (κ1) is 23.9. The van der Waals surface area contributed by atoms with E-state index in [-0.39, 0.29) is 37.2 Å². The minimum Gasteiger partial charge on any atom is -0.396 e. The molecule has 0 saturated heterocycles. The summed E-state index contributed by atoms with van der Waals surface area (Å²) in [5.74, 6) is 0.380. The van der Waals surface area contributed by atoms with E-state index in [2.05, 4.69) is 20.6 Å². The third-order valence-corrected chi connectivity index (χ3v) is 8.20. The van der Waals surface area contributed by atoms with Crippen molar-refractivity contribution in [1.82, 2.24) is 15.3 Å². The molecule has 32 heavy (non-hydrogen) atoms. The summed E-state index contributed by atoms with van der Waals surface area (Å²) in [6, 6.07) is 7.94. The third kappa shape index (κ3) is 5.17. The summed E-state index contributed by atoms with van der Waals surface area (Å²) >= 11 is 0. The van der Waals surface area contributed by atoms with Crippen molar-refractivity contribution in [3.8, 4) is 11.4 Å². The highest BCUT2D eigenvalue weighted by atomic mass is 32.2. The summed E-state index contributed by atoms with van der Waals surface area (Å²) in [6.07, 6.45) is 2.35. The van der Waals surface area contributed by atoms with Crippen molar-refractivity contribution in [2.45, 2.75) is 36.9 Å². The maximum Gasteiger partial charge on any atom is 0.319 e. The van der Waals surface area contributed by atoms with E-state index in [0.717, 1.165) is 6.42 Å². The number of sulfone groups is 1. The molecule has 1 saturated carbocycles. The van der Waals surface area contributed by atoms with E-state index < -0.39 is 14.6 Å². The molecule has 1 heterocycles. The fourth-order valence-corrected chi connectivity index (χ4v) is 5.90. The highest BCUT2D eigenvalue weighted by Gasteiger charge is 2.51. The molecule has 3 rings (SSSR count). The van der Waals surface area contributed by atoms with Crippen molar-refractivity contribution in [2.24, 2.45) is 0 Å². The summed E-state index contributed by atoms with van der Waals surface area (Å²) in [6.45, 7) is 0.177. The lowest BCUT2D eigenvalue weighted by Crippen LogP contribution is -2.44. The number of hydrogen-bond donors (Lipinski definition) is 5. The molecule has 1 fully saturated rings. The maximum atomic E-state index is 13.0. The largest absolute Gasteiger partial charge is 0.396 e. The normalized spacial score (nSPS) is 15.1. The van der Waals surface area contributed by atoms with Crippen LogP contribution in [0.4, 0.5) is 16.3 Å². The molecule has 1 aromatic carbocycles. The average Bonchev–Trinajstić information content (AvgIpc) is 2.71. The van der Waals surface area contributed by atoms with Crippen LogP contribution in [-0.2, 0) is 14.6 Å². The van der Waals surface area contributed by atoms with Crippen LogP contribution in [0.3, 0.4) is 0 Å². The smallest absolute Gasteiger partial charge is 0.319 e. The Morgan fingerprint density at radius 1 is 1.09 bits per heavy atom. The van der Waals surface area contributed by atoms with Crippen LogP contribution in [0, 0.1) is 0 Å². The minimum atomic E-state index is -3.52. The van der Waals surface area contributed by atoms with E-state index in [9.17, 15) is 13.2 Å². The van der Waals surface area contributed by atoms with E-state index in [0.29, 0.717) is 48.6 Å². The van der Waals surface area contributed by atoms with Gasteiger partial charge in [-0.05, 0) is 56.4 Å². The molecule has 0 spiro atoms. The molecule has 0 aliphatic heterocycles. The van der Waals surface area contributed by atoms with Crippen molar-refractivity contribution in [3.05, 3.63) is 36.0 Å². The van der Waals surface area contributed by atoms with Gasteiger partial charge in [0.1, 0.15) is 10.6 Å². The van der Waals surface area contributed by atoms with Gasteiger partial charge in [-0.25, -0.2) is 23.2 Å². The van der Waals surface area contributed by atoms with Crippen molar-refractivity contribution >= 4 is 27.4 Å². The first-order valence-electron chi connectivity index (χ1n) is 10.6. The molecule has 0 unspecified atom stereocenters. The standard InChI is InChI=1S/C21H29N5O5S/c22-18-14-17(21(8-1-9-21)32(30,31)13-3-12-28)25-19(26-18)15-4-6-16(7-5-15)24-20(29)23-10-2-11-27/h4-7,14,27-28H,1-3,8-13H2,(H2,22,25,26)(H2,23,24,29). The Morgan fingerprint density at radius 3 is 2.38 bits per heavy atom. The van der Waals surface area contributed by atoms with Gasteiger partial charge < -0.3 is 26.6 Å². The predicted octanol–water partition coefficient (Wildman–Crippen LogP) is 1.41. The van der Waals surface area contributed by atoms with Crippen molar-refractivity contribution < 1.29 is 23.4 Å². The molecule has 1 aromatic heterocycles. The van der Waals surface area contributed by atoms with Gasteiger partial charge in [-0.2, -0.15) is 0 Å². The second-order valence-corrected chi connectivity index (χ2v) is 10.2. The fraction of sp³-hybridized carbons (Fsp3) is 0.476. The molecule has 0 bridgehead atoms. The van der Waals surface area contributed by atoms with Crippen LogP contribution in [0.15, 0.2) is 30.3 Å². The monoisotopic (exact) mass is 463 g/mol. The number of nitrogens with one attached hydrogen (secondary N) is 2. The lowest BCUT2D eigenvalue weighted by molar-refractivity contribution is 0.249. The molecule has 2 amide bonds. The van der Waals surface area contributed by atoms with Gasteiger partial charge >= 0.3 is 6.03 Å². The number of aliphatic hydroxyl groups is 2. The van der Waals surface area contributed by atoms with Crippen LogP contribution in [0.25, 0.3) is 11.4 Å². The molecule has 10 nitrogen and oxygen atoms in total. The molecular weight excluding hydrogens is 434 g/mol. The Labute approximate surface area is 187 Å². The van der Waals surface area contributed by atoms with E-state index in [1.165, 1.54) is 6.07 Å². The molecule has 2 aromatic rings. The first-order chi connectivity index (χ1) is 15.3. The number of urea groups is 1. The second kappa shape index (κ2) is 10.2. The van der Waals surface area contributed by atoms with Crippen molar-refractivity contribution in [1.29, 1.82) is 0 Å². The number of rotatable bonds is 10. The Morgan fingerprint density at radius 2 is 1.78 bits per heavy atom. The highest BCUT2D eigenvalue weighted by Crippen LogP contribution is 2.48. The van der Waals surface area contributed by atoms with Crippen molar-refractivity contribution in [3.63, 3.8) is 0 Å². The summed E-state index contributed by atoms with van der Waals surface area (Å²) in [7, 11) is -3.52. The number of aromatic nitrogens is 2. The predicted molar refractivity (Wildman–Crippen MR) is 122 cm³/mol. The summed E-state index contributed by atoms with van der Waals surface area (Å²) in [5.41, 5.74) is 7.57. The van der Waals surface area contributed by atoms with Crippen LogP contribution in [-0.4, -0.2) is 60.1 Å². The van der Waals surface area contributed by atoms with Crippen LogP contribution in [0.5, 0.6) is 0 Å². The first-order valence-corrected chi connectivity index (χ1v) is 12.2. The number of carbonyl (C=O) groups is 1. The zero-order valence-corrected chi connectivity index (χ0v) is 18.6. The van der Waals surface area contributed by atoms with Gasteiger partial charge in [-0.15, -0.1) is 0 Å². The zero-order valence-electron chi connectivity index (χ0n) is 17.7. The lowest BCUT2D eigenvalue weighted by Gasteiger charge is -2.40. The molecule has 1 aliphatic carbocycles. The van der Waals surface area contributed by atoms with Crippen LogP contribution in [0.2, 0.25) is 0 Å². The Bertz CT molecular complexity index is 1040. The number of nitrogen functional groups attached to an aromatic ring is 1. The number of nitrogens with two attached hydrogens (primary N) is 1. The zero-order chi connectivity index (χ0) is 23.2. The van der Waals surface area contributed by atoms with E-state index in [1.807, 2.05) is 0 Å². The number of aliphatic hydroxyl groups excluding tert-OH is 2. The van der Waals surface area contributed by atoms with Crippen LogP contribution < -0.4 is 16.4 Å². The quantitative estimate of drug-likeness (QED) is 0.330. The molecule has 1 aliphatic rings. The number of anilines is 2. The minimum absolute atomic E-state index is 0.00118. The number of nitrogens with zero attached hydrogens (tertiary/aromatic N) is 2. The van der Waals surface area contributed by atoms with Gasteiger partial charge in [0.05, 0.1) is 11.4 Å². The van der Waals surface area contributed by atoms with Gasteiger partial charge in [0.25, 0.3) is 0 Å². The Balaban J connectivity index is 1.82. The number of amides is 2. The van der Waals surface area contributed by atoms with Crippen LogP contribution >= 0.6 is 0 Å². The molecule has 174 valence electrons. The Kier molecular flexibility index (Phi) is 7.64. The van der Waals surface area contributed by atoms with E-state index >= 15 is 0 Å². The Hall–Kier alpha value is -2.76. The third-order valence-electron chi connectivity index (χ3n) is 5.56. The highest BCUT2D eigenvalue weighted by molar-refractivity contribution is 7.92. The average molecular weight is 464 g/mol. The maximum absolute atomic E-state index is 13.0. The summed E-state index contributed by atoms with van der Waals surface area (Å²) in [4.78, 5) is 20.7. The summed E-state index contributed by atoms with van der Waals surface area (Å²) < 4.78 is 24.9. The van der Waals surface area contributed by atoms with Crippen LogP contribution in [0.1, 0.15) is 37.8 Å². The molecule has 0 radical (unpaired) electrons. The van der Waals surface area contributed by atoms with E-state index in [1.54, 1.807) is 24.3 Å². The molecular formula is C21H29N5O5S.